The summed E-state index contributed by atoms with van der Waals surface area (Å²) in [7, 11) is 3.05. The van der Waals surface area contributed by atoms with Crippen molar-refractivity contribution in [2.75, 3.05) is 33.2 Å². The lowest BCUT2D eigenvalue weighted by atomic mass is 10.2. The number of carbonyl (C=O) groups is 2. The number of piperazine rings is 1. The van der Waals surface area contributed by atoms with Crippen molar-refractivity contribution >= 4 is 23.0 Å². The topological polar surface area (TPSA) is 120 Å². The molecule has 3 rings (SSSR count). The van der Waals surface area contributed by atoms with Crippen LogP contribution in [0, 0.1) is 0 Å². The van der Waals surface area contributed by atoms with Crippen LogP contribution in [0.25, 0.3) is 11.0 Å². The van der Waals surface area contributed by atoms with E-state index in [9.17, 15) is 19.2 Å². The number of nitrogens with zero attached hydrogens (tertiary/aromatic N) is 4. The van der Waals surface area contributed by atoms with E-state index < -0.39 is 11.2 Å². The Kier molecular flexibility index (Phi) is 4.26. The van der Waals surface area contributed by atoms with Gasteiger partial charge < -0.3 is 15.1 Å². The molecule has 0 radical (unpaired) electrons. The van der Waals surface area contributed by atoms with Crippen molar-refractivity contribution in [3.05, 3.63) is 38.7 Å². The number of aryl methyl sites for hydroxylation is 1. The van der Waals surface area contributed by atoms with E-state index in [0.717, 1.165) is 0 Å². The third-order valence-corrected chi connectivity index (χ3v) is 4.27. The van der Waals surface area contributed by atoms with Crippen molar-refractivity contribution in [3.8, 4) is 0 Å². The van der Waals surface area contributed by atoms with Gasteiger partial charge in [0.15, 0.2) is 0 Å². The lowest BCUT2D eigenvalue weighted by molar-refractivity contribution is 0.0666. The number of nitrogens with one attached hydrogen (secondary N) is 2. The van der Waals surface area contributed by atoms with E-state index in [-0.39, 0.29) is 28.5 Å². The summed E-state index contributed by atoms with van der Waals surface area (Å²) in [6, 6.07) is 1.26. The second-order valence-electron chi connectivity index (χ2n) is 5.75. The zero-order chi connectivity index (χ0) is 18.1. The number of aromatic amines is 1. The van der Waals surface area contributed by atoms with E-state index in [1.165, 1.54) is 23.9 Å². The third kappa shape index (κ3) is 2.97. The summed E-state index contributed by atoms with van der Waals surface area (Å²) in [6.45, 7) is 1.66. The van der Waals surface area contributed by atoms with Crippen LogP contribution in [0.5, 0.6) is 0 Å². The Balaban J connectivity index is 1.85. The first kappa shape index (κ1) is 16.7. The fraction of sp³-hybridized carbons (Fsp3) is 0.400. The summed E-state index contributed by atoms with van der Waals surface area (Å²) in [5, 5.41) is 2.73. The smallest absolute Gasteiger partial charge is 0.329 e. The molecule has 3 amide bonds. The number of amides is 3. The molecule has 0 spiro atoms. The Morgan fingerprint density at radius 1 is 1.16 bits per heavy atom. The van der Waals surface area contributed by atoms with Gasteiger partial charge in [0, 0.05) is 46.5 Å². The fourth-order valence-electron chi connectivity index (χ4n) is 2.81. The maximum atomic E-state index is 12.6. The summed E-state index contributed by atoms with van der Waals surface area (Å²) in [5.41, 5.74) is -0.654. The first-order valence-electron chi connectivity index (χ1n) is 7.77. The van der Waals surface area contributed by atoms with Crippen LogP contribution in [-0.4, -0.2) is 69.5 Å². The molecule has 0 aliphatic carbocycles. The Hall–Kier alpha value is -3.17. The number of hydrogen-bond donors (Lipinski definition) is 2. The molecule has 1 aliphatic rings. The minimum Gasteiger partial charge on any atom is -0.341 e. The number of carbonyl (C=O) groups excluding carboxylic acids is 2. The molecule has 2 aromatic heterocycles. The first-order chi connectivity index (χ1) is 11.9. The molecule has 3 heterocycles. The molecule has 25 heavy (non-hydrogen) atoms. The molecule has 0 aromatic carbocycles. The molecule has 1 fully saturated rings. The maximum absolute atomic E-state index is 12.6. The van der Waals surface area contributed by atoms with E-state index in [1.54, 1.807) is 16.8 Å². The zero-order valence-corrected chi connectivity index (χ0v) is 13.9. The van der Waals surface area contributed by atoms with Crippen LogP contribution >= 0.6 is 0 Å². The zero-order valence-electron chi connectivity index (χ0n) is 13.9. The first-order valence-corrected chi connectivity index (χ1v) is 7.77. The predicted molar refractivity (Wildman–Crippen MR) is 89.5 cm³/mol. The van der Waals surface area contributed by atoms with E-state index in [2.05, 4.69) is 15.3 Å². The van der Waals surface area contributed by atoms with Crippen LogP contribution in [0.2, 0.25) is 0 Å². The van der Waals surface area contributed by atoms with Crippen molar-refractivity contribution in [1.29, 1.82) is 0 Å². The molecule has 0 bridgehead atoms. The Labute approximate surface area is 142 Å². The van der Waals surface area contributed by atoms with Gasteiger partial charge in [-0.2, -0.15) is 0 Å². The monoisotopic (exact) mass is 346 g/mol. The molecule has 1 aliphatic heterocycles. The molecular weight excluding hydrogens is 328 g/mol. The van der Waals surface area contributed by atoms with E-state index in [0.29, 0.717) is 26.2 Å². The van der Waals surface area contributed by atoms with Gasteiger partial charge in [0.2, 0.25) is 0 Å². The number of rotatable bonds is 1. The largest absolute Gasteiger partial charge is 0.341 e. The van der Waals surface area contributed by atoms with E-state index in [4.69, 9.17) is 0 Å². The van der Waals surface area contributed by atoms with Gasteiger partial charge >= 0.3 is 11.7 Å². The molecule has 2 N–H and O–H groups in total. The third-order valence-electron chi connectivity index (χ3n) is 4.27. The van der Waals surface area contributed by atoms with Crippen molar-refractivity contribution in [2.45, 2.75) is 0 Å². The number of pyridine rings is 1. The molecule has 0 saturated carbocycles. The van der Waals surface area contributed by atoms with Crippen molar-refractivity contribution < 1.29 is 9.59 Å². The number of H-pyrrole nitrogens is 1. The normalized spacial score (nSPS) is 14.6. The highest BCUT2D eigenvalue weighted by atomic mass is 16.2. The maximum Gasteiger partial charge on any atom is 0.329 e. The van der Waals surface area contributed by atoms with Gasteiger partial charge in [-0.3, -0.25) is 19.1 Å². The predicted octanol–water partition coefficient (Wildman–Crippen LogP) is -1.28. The molecule has 10 heteroatoms. The Morgan fingerprint density at radius 3 is 2.44 bits per heavy atom. The van der Waals surface area contributed by atoms with E-state index >= 15 is 0 Å². The van der Waals surface area contributed by atoms with Crippen molar-refractivity contribution in [2.24, 2.45) is 7.05 Å². The van der Waals surface area contributed by atoms with Gasteiger partial charge in [-0.15, -0.1) is 0 Å². The van der Waals surface area contributed by atoms with Crippen LogP contribution < -0.4 is 16.6 Å². The Bertz CT molecular complexity index is 955. The number of hydrogen-bond acceptors (Lipinski definition) is 5. The van der Waals surface area contributed by atoms with Crippen LogP contribution in [0.4, 0.5) is 4.79 Å². The number of aromatic nitrogens is 3. The molecule has 132 valence electrons. The summed E-state index contributed by atoms with van der Waals surface area (Å²) in [6.07, 6.45) is 1.36. The molecule has 0 unspecified atom stereocenters. The fourth-order valence-corrected chi connectivity index (χ4v) is 2.81. The van der Waals surface area contributed by atoms with Crippen LogP contribution in [-0.2, 0) is 7.05 Å². The quantitative estimate of drug-likeness (QED) is 0.666. The standard InChI is InChI=1S/C15H18N6O4/c1-16-14(24)21-5-3-20(4-6-21)13(23)9-7-10-11(17-8-9)19(2)15(25)18-12(10)22/h7-8H,3-6H2,1-2H3,(H,16,24)(H,18,22,25). The van der Waals surface area contributed by atoms with Crippen LogP contribution in [0.15, 0.2) is 21.9 Å². The average Bonchev–Trinajstić information content (AvgIpc) is 2.64. The lowest BCUT2D eigenvalue weighted by Crippen LogP contribution is -2.52. The van der Waals surface area contributed by atoms with Crippen LogP contribution in [0.1, 0.15) is 10.4 Å². The average molecular weight is 346 g/mol. The Morgan fingerprint density at radius 2 is 1.80 bits per heavy atom. The highest BCUT2D eigenvalue weighted by molar-refractivity contribution is 5.96. The minimum absolute atomic E-state index is 0.174. The van der Waals surface area contributed by atoms with Crippen molar-refractivity contribution in [3.63, 3.8) is 0 Å². The molecule has 1 saturated heterocycles. The molecule has 2 aromatic rings. The summed E-state index contributed by atoms with van der Waals surface area (Å²) in [5.74, 6) is -0.265. The summed E-state index contributed by atoms with van der Waals surface area (Å²) in [4.78, 5) is 57.3. The minimum atomic E-state index is -0.579. The van der Waals surface area contributed by atoms with Crippen LogP contribution in [0.3, 0.4) is 0 Å². The van der Waals surface area contributed by atoms with Crippen molar-refractivity contribution in [1.82, 2.24) is 29.7 Å². The molecule has 0 atom stereocenters. The summed E-state index contributed by atoms with van der Waals surface area (Å²) < 4.78 is 1.22. The summed E-state index contributed by atoms with van der Waals surface area (Å²) >= 11 is 0. The van der Waals surface area contributed by atoms with E-state index in [1.807, 2.05) is 0 Å². The van der Waals surface area contributed by atoms with Gasteiger partial charge in [-0.25, -0.2) is 14.6 Å². The molecular formula is C15H18N6O4. The number of fused-ring (bicyclic) bond motifs is 1. The van der Waals surface area contributed by atoms with Gasteiger partial charge in [0.25, 0.3) is 11.5 Å². The highest BCUT2D eigenvalue weighted by Gasteiger charge is 2.25. The van der Waals surface area contributed by atoms with Gasteiger partial charge in [0.1, 0.15) is 5.65 Å². The molecule has 10 nitrogen and oxygen atoms in total. The van der Waals surface area contributed by atoms with Gasteiger partial charge in [-0.1, -0.05) is 0 Å². The highest BCUT2D eigenvalue weighted by Crippen LogP contribution is 2.12. The second-order valence-corrected chi connectivity index (χ2v) is 5.75. The lowest BCUT2D eigenvalue weighted by Gasteiger charge is -2.34. The number of urea groups is 1. The van der Waals surface area contributed by atoms with Gasteiger partial charge in [0.05, 0.1) is 10.9 Å². The second kappa shape index (κ2) is 6.38. The SMILES string of the molecule is CNC(=O)N1CCN(C(=O)c2cnc3c(c2)c(=O)[nH]c(=O)n3C)CC1. The van der Waals surface area contributed by atoms with Gasteiger partial charge in [-0.05, 0) is 6.07 Å².